The van der Waals surface area contributed by atoms with Gasteiger partial charge in [0.15, 0.2) is 0 Å². The summed E-state index contributed by atoms with van der Waals surface area (Å²) in [6, 6.07) is 12.3. The minimum atomic E-state index is 0.272. The van der Waals surface area contributed by atoms with Gasteiger partial charge in [0.25, 0.3) is 0 Å². The summed E-state index contributed by atoms with van der Waals surface area (Å²) in [7, 11) is 0. The van der Waals surface area contributed by atoms with Crippen LogP contribution in [0.5, 0.6) is 0 Å². The Labute approximate surface area is 123 Å². The Hall–Kier alpha value is -0.860. The highest BCUT2D eigenvalue weighted by molar-refractivity contribution is 5.21. The van der Waals surface area contributed by atoms with Crippen LogP contribution in [0.3, 0.4) is 0 Å². The average molecular weight is 272 g/mol. The molecule has 110 valence electrons. The second-order valence-electron chi connectivity index (χ2n) is 6.97. The van der Waals surface area contributed by atoms with Gasteiger partial charge < -0.3 is 5.32 Å². The second kappa shape index (κ2) is 5.50. The fourth-order valence-corrected chi connectivity index (χ4v) is 3.53. The van der Waals surface area contributed by atoms with E-state index in [1.54, 1.807) is 0 Å². The molecule has 0 bridgehead atoms. The van der Waals surface area contributed by atoms with Crippen molar-refractivity contribution in [3.05, 3.63) is 35.9 Å². The highest BCUT2D eigenvalue weighted by Crippen LogP contribution is 2.40. The first kappa shape index (κ1) is 14.1. The second-order valence-corrected chi connectivity index (χ2v) is 6.97. The third-order valence-corrected chi connectivity index (χ3v) is 5.45. The molecule has 1 aromatic carbocycles. The van der Waals surface area contributed by atoms with Gasteiger partial charge in [-0.05, 0) is 44.6 Å². The number of benzene rings is 1. The van der Waals surface area contributed by atoms with Crippen molar-refractivity contribution in [3.63, 3.8) is 0 Å². The first-order valence-corrected chi connectivity index (χ1v) is 8.19. The predicted molar refractivity (Wildman–Crippen MR) is 84.8 cm³/mol. The predicted octanol–water partition coefficient (Wildman–Crippen LogP) is 3.60. The Balaban J connectivity index is 1.84. The molecule has 0 aromatic heterocycles. The van der Waals surface area contributed by atoms with Crippen LogP contribution in [0, 0.1) is 5.92 Å². The lowest BCUT2D eigenvalue weighted by molar-refractivity contribution is 0.0430. The molecule has 3 rings (SSSR count). The molecule has 2 nitrogen and oxygen atoms in total. The van der Waals surface area contributed by atoms with Crippen LogP contribution < -0.4 is 5.32 Å². The molecule has 1 aromatic rings. The Morgan fingerprint density at radius 3 is 2.60 bits per heavy atom. The van der Waals surface area contributed by atoms with Gasteiger partial charge in [-0.2, -0.15) is 0 Å². The van der Waals surface area contributed by atoms with Crippen molar-refractivity contribution in [1.82, 2.24) is 10.2 Å². The first-order chi connectivity index (χ1) is 9.63. The van der Waals surface area contributed by atoms with Gasteiger partial charge in [-0.1, -0.05) is 37.3 Å². The smallest absolute Gasteiger partial charge is 0.0476 e. The van der Waals surface area contributed by atoms with Crippen molar-refractivity contribution in [2.45, 2.75) is 57.7 Å². The van der Waals surface area contributed by atoms with Gasteiger partial charge in [-0.25, -0.2) is 0 Å². The van der Waals surface area contributed by atoms with E-state index in [0.29, 0.717) is 12.1 Å². The highest BCUT2D eigenvalue weighted by atomic mass is 15.3. The van der Waals surface area contributed by atoms with Crippen molar-refractivity contribution in [1.29, 1.82) is 0 Å². The molecule has 1 saturated carbocycles. The maximum atomic E-state index is 3.80. The molecule has 0 spiro atoms. The molecule has 0 radical (unpaired) electrons. The van der Waals surface area contributed by atoms with E-state index in [9.17, 15) is 0 Å². The Morgan fingerprint density at radius 2 is 2.00 bits per heavy atom. The van der Waals surface area contributed by atoms with Crippen LogP contribution in [-0.2, 0) is 0 Å². The van der Waals surface area contributed by atoms with E-state index in [4.69, 9.17) is 0 Å². The first-order valence-electron chi connectivity index (χ1n) is 8.19. The van der Waals surface area contributed by atoms with Crippen molar-refractivity contribution >= 4 is 0 Å². The Kier molecular flexibility index (Phi) is 3.87. The zero-order chi connectivity index (χ0) is 14.2. The zero-order valence-corrected chi connectivity index (χ0v) is 13.1. The summed E-state index contributed by atoms with van der Waals surface area (Å²) in [5, 5.41) is 3.80. The maximum absolute atomic E-state index is 3.80. The van der Waals surface area contributed by atoms with Gasteiger partial charge in [-0.15, -0.1) is 0 Å². The molecule has 3 atom stereocenters. The molecule has 0 amide bonds. The molecule has 1 N–H and O–H groups in total. The molecule has 3 unspecified atom stereocenters. The van der Waals surface area contributed by atoms with Crippen LogP contribution in [0.25, 0.3) is 0 Å². The van der Waals surface area contributed by atoms with Crippen LogP contribution in [-0.4, -0.2) is 29.6 Å². The SMILES string of the molecule is CCC1(C)CN(C(C)C2CC2)C(c2ccccc2)CN1. The summed E-state index contributed by atoms with van der Waals surface area (Å²) in [6.07, 6.45) is 4.05. The van der Waals surface area contributed by atoms with Crippen LogP contribution in [0.2, 0.25) is 0 Å². The summed E-state index contributed by atoms with van der Waals surface area (Å²) in [6.45, 7) is 9.36. The molecule has 2 heteroatoms. The Morgan fingerprint density at radius 1 is 1.30 bits per heavy atom. The van der Waals surface area contributed by atoms with Gasteiger partial charge >= 0.3 is 0 Å². The molecule has 2 fully saturated rings. The average Bonchev–Trinajstić information content (AvgIpc) is 3.32. The van der Waals surface area contributed by atoms with Crippen LogP contribution in [0.15, 0.2) is 30.3 Å². The van der Waals surface area contributed by atoms with Crippen molar-refractivity contribution in [2.75, 3.05) is 13.1 Å². The third kappa shape index (κ3) is 2.77. The topological polar surface area (TPSA) is 15.3 Å². The molecule has 1 aliphatic carbocycles. The van der Waals surface area contributed by atoms with E-state index in [2.05, 4.69) is 61.3 Å². The van der Waals surface area contributed by atoms with Crippen LogP contribution in [0.4, 0.5) is 0 Å². The van der Waals surface area contributed by atoms with Crippen LogP contribution >= 0.6 is 0 Å². The number of nitrogens with one attached hydrogen (secondary N) is 1. The summed E-state index contributed by atoms with van der Waals surface area (Å²) in [4.78, 5) is 2.77. The third-order valence-electron chi connectivity index (χ3n) is 5.45. The van der Waals surface area contributed by atoms with Crippen LogP contribution in [0.1, 0.15) is 51.6 Å². The van der Waals surface area contributed by atoms with Crippen molar-refractivity contribution in [3.8, 4) is 0 Å². The quantitative estimate of drug-likeness (QED) is 0.901. The summed E-state index contributed by atoms with van der Waals surface area (Å²) in [5.41, 5.74) is 1.74. The molecule has 1 heterocycles. The Bertz CT molecular complexity index is 440. The van der Waals surface area contributed by atoms with E-state index >= 15 is 0 Å². The summed E-state index contributed by atoms with van der Waals surface area (Å²) < 4.78 is 0. The van der Waals surface area contributed by atoms with E-state index in [1.165, 1.54) is 31.4 Å². The molecular formula is C18H28N2. The van der Waals surface area contributed by atoms with E-state index in [1.807, 2.05) is 0 Å². The van der Waals surface area contributed by atoms with Crippen molar-refractivity contribution in [2.24, 2.45) is 5.92 Å². The van der Waals surface area contributed by atoms with Gasteiger partial charge in [-0.3, -0.25) is 4.90 Å². The molecular weight excluding hydrogens is 244 g/mol. The molecule has 1 saturated heterocycles. The number of hydrogen-bond acceptors (Lipinski definition) is 2. The van der Waals surface area contributed by atoms with Gasteiger partial charge in [0.2, 0.25) is 0 Å². The monoisotopic (exact) mass is 272 g/mol. The molecule has 2 aliphatic rings. The lowest BCUT2D eigenvalue weighted by Crippen LogP contribution is -2.61. The number of piperazine rings is 1. The minimum absolute atomic E-state index is 0.272. The van der Waals surface area contributed by atoms with Gasteiger partial charge in [0.05, 0.1) is 0 Å². The number of nitrogens with zero attached hydrogens (tertiary/aromatic N) is 1. The molecule has 20 heavy (non-hydrogen) atoms. The van der Waals surface area contributed by atoms with Gasteiger partial charge in [0.1, 0.15) is 0 Å². The number of hydrogen-bond donors (Lipinski definition) is 1. The van der Waals surface area contributed by atoms with E-state index < -0.39 is 0 Å². The normalized spacial score (nSPS) is 33.0. The summed E-state index contributed by atoms with van der Waals surface area (Å²) in [5.74, 6) is 0.931. The fourth-order valence-electron chi connectivity index (χ4n) is 3.53. The van der Waals surface area contributed by atoms with Crippen molar-refractivity contribution < 1.29 is 0 Å². The zero-order valence-electron chi connectivity index (χ0n) is 13.1. The highest BCUT2D eigenvalue weighted by Gasteiger charge is 2.41. The largest absolute Gasteiger partial charge is 0.308 e. The molecule has 1 aliphatic heterocycles. The minimum Gasteiger partial charge on any atom is -0.308 e. The maximum Gasteiger partial charge on any atom is 0.0476 e. The lowest BCUT2D eigenvalue weighted by atomic mass is 9.89. The summed E-state index contributed by atoms with van der Waals surface area (Å²) >= 11 is 0. The van der Waals surface area contributed by atoms with Gasteiger partial charge in [0, 0.05) is 30.7 Å². The van der Waals surface area contributed by atoms with E-state index in [0.717, 1.165) is 12.5 Å². The number of rotatable bonds is 4. The lowest BCUT2D eigenvalue weighted by Gasteiger charge is -2.49. The fraction of sp³-hybridized carbons (Fsp3) is 0.667. The standard InChI is InChI=1S/C18H28N2/c1-4-18(3)13-20(14(2)15-10-11-15)17(12-19-18)16-8-6-5-7-9-16/h5-9,14-15,17,19H,4,10-13H2,1-3H3. The van der Waals surface area contributed by atoms with E-state index in [-0.39, 0.29) is 5.54 Å².